The number of rotatable bonds is 8. The van der Waals surface area contributed by atoms with Crippen molar-refractivity contribution < 1.29 is 32.2 Å². The molecule has 2 N–H and O–H groups in total. The molecule has 1 amide bonds. The van der Waals surface area contributed by atoms with Crippen molar-refractivity contribution in [1.29, 1.82) is 0 Å². The molecule has 6 rings (SSSR count). The molecule has 1 atom stereocenters. The first-order chi connectivity index (χ1) is 20.2. The van der Waals surface area contributed by atoms with Crippen molar-refractivity contribution >= 4 is 38.2 Å². The Morgan fingerprint density at radius 1 is 1.14 bits per heavy atom. The Bertz CT molecular complexity index is 1800. The molecule has 218 valence electrons. The van der Waals surface area contributed by atoms with Crippen molar-refractivity contribution in [2.24, 2.45) is 0 Å². The monoisotopic (exact) mass is 612 g/mol. The van der Waals surface area contributed by atoms with Gasteiger partial charge in [0.2, 0.25) is 15.3 Å². The van der Waals surface area contributed by atoms with E-state index in [0.717, 1.165) is 30.0 Å². The third kappa shape index (κ3) is 5.67. The molecule has 0 spiro atoms. The number of amides is 1. The van der Waals surface area contributed by atoms with Crippen LogP contribution in [-0.2, 0) is 27.7 Å². The van der Waals surface area contributed by atoms with Crippen LogP contribution >= 0.6 is 11.6 Å². The lowest BCUT2D eigenvalue weighted by Gasteiger charge is -2.12. The highest BCUT2D eigenvalue weighted by Crippen LogP contribution is 2.44. The van der Waals surface area contributed by atoms with E-state index in [1.807, 2.05) is 24.3 Å². The number of benzene rings is 1. The van der Waals surface area contributed by atoms with Gasteiger partial charge in [-0.05, 0) is 55.3 Å². The maximum atomic E-state index is 14.2. The molecule has 0 unspecified atom stereocenters. The van der Waals surface area contributed by atoms with Crippen molar-refractivity contribution in [3.8, 4) is 17.1 Å². The number of carbonyl (C=O) groups excluding carboxylic acids is 1. The molecule has 1 saturated carbocycles. The summed E-state index contributed by atoms with van der Waals surface area (Å²) in [6, 6.07) is 11.6. The molecule has 4 heterocycles. The third-order valence-electron chi connectivity index (χ3n) is 7.08. The number of halogens is 2. The molecular formula is C29H26ClFN4O6S. The number of ether oxygens (including phenoxy) is 2. The Labute approximate surface area is 245 Å². The lowest BCUT2D eigenvalue weighted by Crippen LogP contribution is -2.24. The topological polar surface area (TPSA) is 141 Å². The average molecular weight is 613 g/mol. The highest BCUT2D eigenvalue weighted by Gasteiger charge is 2.34. The molecule has 1 fully saturated rings. The van der Waals surface area contributed by atoms with Gasteiger partial charge < -0.3 is 19.9 Å². The number of pyridine rings is 3. The predicted octanol–water partition coefficient (Wildman–Crippen LogP) is 4.12. The number of alkyl halides is 1. The number of carbonyl (C=O) groups is 1. The van der Waals surface area contributed by atoms with Gasteiger partial charge in [0.25, 0.3) is 5.91 Å². The lowest BCUT2D eigenvalue weighted by atomic mass is 10.1. The summed E-state index contributed by atoms with van der Waals surface area (Å²) in [5, 5.41) is 12.6. The van der Waals surface area contributed by atoms with Crippen LogP contribution in [0.25, 0.3) is 22.3 Å². The van der Waals surface area contributed by atoms with Crippen LogP contribution in [-0.4, -0.2) is 59.7 Å². The zero-order chi connectivity index (χ0) is 29.4. The summed E-state index contributed by atoms with van der Waals surface area (Å²) in [5.74, 6) is 0.406. The van der Waals surface area contributed by atoms with Gasteiger partial charge in [0.05, 0.1) is 59.6 Å². The number of hydrogen-bond donors (Lipinski definition) is 2. The van der Waals surface area contributed by atoms with E-state index in [1.54, 1.807) is 12.3 Å². The molecule has 3 aromatic heterocycles. The summed E-state index contributed by atoms with van der Waals surface area (Å²) >= 11 is 6.26. The Hall–Kier alpha value is -3.71. The molecule has 0 radical (unpaired) electrons. The Balaban J connectivity index is 1.22. The highest BCUT2D eigenvalue weighted by atomic mass is 35.5. The first-order valence-corrected chi connectivity index (χ1v) is 15.2. The van der Waals surface area contributed by atoms with Crippen molar-refractivity contribution in [2.45, 2.75) is 42.3 Å². The van der Waals surface area contributed by atoms with Crippen LogP contribution in [0.1, 0.15) is 46.1 Å². The number of aliphatic hydroxyl groups is 1. The van der Waals surface area contributed by atoms with Gasteiger partial charge in [-0.2, -0.15) is 0 Å². The zero-order valence-electron chi connectivity index (χ0n) is 22.2. The first kappa shape index (κ1) is 28.4. The summed E-state index contributed by atoms with van der Waals surface area (Å²) in [7, 11) is -4.36. The largest absolute Gasteiger partial charge is 0.489 e. The molecule has 42 heavy (non-hydrogen) atoms. The standard InChI is InChI=1S/C29H26ClFN4O6S/c30-21-9-18(10-26-20(21)14-40-15-27(31)42(26,38)39)29(37)33-13-19-11-24-17(12-32-19)3-4-22(34-24)23-5-6-25(41-8-7-36)28(35-23)16-1-2-16/h3-6,9-12,16,27,36H,1-2,7-8,13-15H2,(H,33,37)/t27-/m1/s1. The van der Waals surface area contributed by atoms with E-state index in [4.69, 9.17) is 36.1 Å². The molecule has 1 aromatic carbocycles. The molecule has 0 saturated heterocycles. The maximum Gasteiger partial charge on any atom is 0.251 e. The average Bonchev–Trinajstić information content (AvgIpc) is 3.85. The van der Waals surface area contributed by atoms with Crippen molar-refractivity contribution in [3.63, 3.8) is 0 Å². The van der Waals surface area contributed by atoms with E-state index >= 15 is 0 Å². The summed E-state index contributed by atoms with van der Waals surface area (Å²) in [5.41, 5.74) is 1.23. The fourth-order valence-corrected chi connectivity index (χ4v) is 6.40. The number of sulfone groups is 1. The van der Waals surface area contributed by atoms with Gasteiger partial charge in [-0.1, -0.05) is 11.6 Å². The van der Waals surface area contributed by atoms with Gasteiger partial charge in [0.15, 0.2) is 0 Å². The molecule has 1 aliphatic heterocycles. The van der Waals surface area contributed by atoms with Gasteiger partial charge in [0, 0.05) is 33.7 Å². The van der Waals surface area contributed by atoms with E-state index in [2.05, 4.69) is 10.3 Å². The van der Waals surface area contributed by atoms with Crippen molar-refractivity contribution in [1.82, 2.24) is 20.3 Å². The number of aromatic nitrogens is 3. The molecule has 2 aliphatic rings. The van der Waals surface area contributed by atoms with Gasteiger partial charge in [-0.3, -0.25) is 9.78 Å². The van der Waals surface area contributed by atoms with E-state index < -0.39 is 27.9 Å². The second-order valence-electron chi connectivity index (χ2n) is 10.1. The van der Waals surface area contributed by atoms with Gasteiger partial charge in [0.1, 0.15) is 12.4 Å². The SMILES string of the molecule is O=C(NCc1cc2nc(-c3ccc(OCCO)c(C4CC4)n3)ccc2cn1)c1cc(Cl)c2c(c1)S(=O)(=O)[C@@H](F)COC2. The Morgan fingerprint density at radius 3 is 2.71 bits per heavy atom. The first-order valence-electron chi connectivity index (χ1n) is 13.3. The molecule has 1 aliphatic carbocycles. The summed E-state index contributed by atoms with van der Waals surface area (Å²) in [6.45, 7) is -0.636. The molecule has 10 nitrogen and oxygen atoms in total. The quantitative estimate of drug-likeness (QED) is 0.300. The normalized spacial score (nSPS) is 17.8. The predicted molar refractivity (Wildman–Crippen MR) is 152 cm³/mol. The van der Waals surface area contributed by atoms with Crippen molar-refractivity contribution in [3.05, 3.63) is 76.2 Å². The van der Waals surface area contributed by atoms with E-state index in [-0.39, 0.29) is 47.4 Å². The molecular weight excluding hydrogens is 587 g/mol. The second kappa shape index (κ2) is 11.5. The third-order valence-corrected chi connectivity index (χ3v) is 9.20. The van der Waals surface area contributed by atoms with Crippen LogP contribution in [0.2, 0.25) is 5.02 Å². The fourth-order valence-electron chi connectivity index (χ4n) is 4.72. The second-order valence-corrected chi connectivity index (χ2v) is 12.5. The van der Waals surface area contributed by atoms with Crippen LogP contribution in [0, 0.1) is 0 Å². The van der Waals surface area contributed by atoms with Crippen LogP contribution in [0.5, 0.6) is 5.75 Å². The Morgan fingerprint density at radius 2 is 1.93 bits per heavy atom. The van der Waals surface area contributed by atoms with E-state index in [1.165, 1.54) is 6.07 Å². The number of nitrogens with zero attached hydrogens (tertiary/aromatic N) is 3. The number of fused-ring (bicyclic) bond motifs is 2. The van der Waals surface area contributed by atoms with Crippen molar-refractivity contribution in [2.75, 3.05) is 19.8 Å². The van der Waals surface area contributed by atoms with Crippen LogP contribution in [0.3, 0.4) is 0 Å². The zero-order valence-corrected chi connectivity index (χ0v) is 23.8. The lowest BCUT2D eigenvalue weighted by molar-refractivity contribution is 0.0947. The smallest absolute Gasteiger partial charge is 0.251 e. The van der Waals surface area contributed by atoms with Gasteiger partial charge >= 0.3 is 0 Å². The minimum absolute atomic E-state index is 0.00216. The minimum atomic E-state index is -4.36. The molecule has 13 heteroatoms. The fraction of sp³-hybridized carbons (Fsp3) is 0.310. The van der Waals surface area contributed by atoms with E-state index in [0.29, 0.717) is 34.3 Å². The summed E-state index contributed by atoms with van der Waals surface area (Å²) in [4.78, 5) is 26.6. The number of nitrogens with one attached hydrogen (secondary N) is 1. The number of aliphatic hydroxyl groups excluding tert-OH is 1. The summed E-state index contributed by atoms with van der Waals surface area (Å²) in [6.07, 6.45) is 3.72. The van der Waals surface area contributed by atoms with Crippen LogP contribution in [0.4, 0.5) is 4.39 Å². The van der Waals surface area contributed by atoms with E-state index in [9.17, 15) is 17.6 Å². The van der Waals surface area contributed by atoms with Crippen LogP contribution in [0.15, 0.2) is 53.6 Å². The molecule has 0 bridgehead atoms. The number of hydrogen-bond acceptors (Lipinski definition) is 9. The maximum absolute atomic E-state index is 14.2. The molecule has 4 aromatic rings. The van der Waals surface area contributed by atoms with Gasteiger partial charge in [-0.15, -0.1) is 0 Å². The van der Waals surface area contributed by atoms with Crippen LogP contribution < -0.4 is 10.1 Å². The Kier molecular flexibility index (Phi) is 7.79. The van der Waals surface area contributed by atoms with Gasteiger partial charge in [-0.25, -0.2) is 22.8 Å². The minimum Gasteiger partial charge on any atom is -0.489 e. The summed E-state index contributed by atoms with van der Waals surface area (Å²) < 4.78 is 50.2. The highest BCUT2D eigenvalue weighted by molar-refractivity contribution is 7.92.